The van der Waals surface area contributed by atoms with Crippen molar-refractivity contribution in [3.63, 3.8) is 0 Å². The molecule has 0 aliphatic heterocycles. The van der Waals surface area contributed by atoms with Crippen LogP contribution in [0.3, 0.4) is 0 Å². The van der Waals surface area contributed by atoms with Crippen LogP contribution >= 0.6 is 23.2 Å². The molecule has 0 spiro atoms. The van der Waals surface area contributed by atoms with Gasteiger partial charge < -0.3 is 4.74 Å². The highest BCUT2D eigenvalue weighted by molar-refractivity contribution is 6.36. The molecule has 0 radical (unpaired) electrons. The number of carbonyl (C=O) groups excluding carboxylic acids is 2. The highest BCUT2D eigenvalue weighted by Gasteiger charge is 2.19. The van der Waals surface area contributed by atoms with Gasteiger partial charge in [0.15, 0.2) is 6.61 Å². The quantitative estimate of drug-likeness (QED) is 0.255. The molecule has 0 aliphatic carbocycles. The first-order valence-corrected chi connectivity index (χ1v) is 10.3. The summed E-state index contributed by atoms with van der Waals surface area (Å²) in [6, 6.07) is 21.4. The molecule has 0 N–H and O–H groups in total. The van der Waals surface area contributed by atoms with Gasteiger partial charge in [0.2, 0.25) is 5.78 Å². The van der Waals surface area contributed by atoms with Gasteiger partial charge in [0.05, 0.1) is 21.8 Å². The van der Waals surface area contributed by atoms with Gasteiger partial charge in [0.25, 0.3) is 0 Å². The SMILES string of the molecule is Cc1cccc2c(C(=O)OCC(=O)c3ccc(Cl)cc3Cl)cc(-c3ccccc3)nc12. The van der Waals surface area contributed by atoms with Gasteiger partial charge in [-0.05, 0) is 36.8 Å². The molecule has 4 nitrogen and oxygen atoms in total. The normalized spacial score (nSPS) is 10.8. The molecular formula is C25H17Cl2NO3. The number of ether oxygens (including phenoxy) is 1. The van der Waals surface area contributed by atoms with Crippen molar-refractivity contribution in [3.05, 3.63) is 99.5 Å². The lowest BCUT2D eigenvalue weighted by atomic mass is 10.0. The second-order valence-electron chi connectivity index (χ2n) is 7.02. The molecule has 1 aromatic heterocycles. The third-order valence-electron chi connectivity index (χ3n) is 4.90. The highest BCUT2D eigenvalue weighted by Crippen LogP contribution is 2.27. The number of aromatic nitrogens is 1. The Hall–Kier alpha value is -3.21. The molecule has 0 fully saturated rings. The Kier molecular flexibility index (Phi) is 6.03. The number of hydrogen-bond acceptors (Lipinski definition) is 4. The van der Waals surface area contributed by atoms with Crippen molar-refractivity contribution in [2.45, 2.75) is 6.92 Å². The molecule has 3 aromatic carbocycles. The fourth-order valence-corrected chi connectivity index (χ4v) is 3.83. The van der Waals surface area contributed by atoms with Crippen LogP contribution in [0.25, 0.3) is 22.2 Å². The van der Waals surface area contributed by atoms with E-state index in [0.717, 1.165) is 11.1 Å². The lowest BCUT2D eigenvalue weighted by molar-refractivity contribution is 0.0476. The number of Topliss-reactive ketones (excluding diaryl/α,β-unsaturated/α-hetero) is 1. The summed E-state index contributed by atoms with van der Waals surface area (Å²) in [5.74, 6) is -1.01. The maximum atomic E-state index is 13.0. The fraction of sp³-hybridized carbons (Fsp3) is 0.0800. The predicted octanol–water partition coefficient (Wildman–Crippen LogP) is 6.56. The summed E-state index contributed by atoms with van der Waals surface area (Å²) in [5.41, 5.74) is 3.78. The summed E-state index contributed by atoms with van der Waals surface area (Å²) in [4.78, 5) is 30.2. The highest BCUT2D eigenvalue weighted by atomic mass is 35.5. The van der Waals surface area contributed by atoms with Crippen LogP contribution in [0, 0.1) is 6.92 Å². The minimum Gasteiger partial charge on any atom is -0.454 e. The van der Waals surface area contributed by atoms with Gasteiger partial charge in [0.1, 0.15) is 0 Å². The van der Waals surface area contributed by atoms with Gasteiger partial charge >= 0.3 is 5.97 Å². The average Bonchev–Trinajstić information content (AvgIpc) is 2.77. The van der Waals surface area contributed by atoms with Crippen LogP contribution in [0.1, 0.15) is 26.3 Å². The minimum atomic E-state index is -0.603. The van der Waals surface area contributed by atoms with Crippen molar-refractivity contribution in [1.29, 1.82) is 0 Å². The zero-order valence-corrected chi connectivity index (χ0v) is 18.1. The van der Waals surface area contributed by atoms with E-state index in [2.05, 4.69) is 0 Å². The largest absolute Gasteiger partial charge is 0.454 e. The molecule has 0 aliphatic rings. The average molecular weight is 450 g/mol. The lowest BCUT2D eigenvalue weighted by Gasteiger charge is -2.11. The van der Waals surface area contributed by atoms with Crippen LogP contribution in [0.5, 0.6) is 0 Å². The molecule has 4 aromatic rings. The predicted molar refractivity (Wildman–Crippen MR) is 123 cm³/mol. The van der Waals surface area contributed by atoms with Crippen molar-refractivity contribution in [2.75, 3.05) is 6.61 Å². The second kappa shape index (κ2) is 8.88. The van der Waals surface area contributed by atoms with Gasteiger partial charge in [-0.3, -0.25) is 4.79 Å². The van der Waals surface area contributed by atoms with Crippen molar-refractivity contribution in [2.24, 2.45) is 0 Å². The Labute approximate surface area is 189 Å². The van der Waals surface area contributed by atoms with Gasteiger partial charge in [-0.25, -0.2) is 9.78 Å². The number of halogens is 2. The van der Waals surface area contributed by atoms with E-state index in [1.165, 1.54) is 12.1 Å². The number of fused-ring (bicyclic) bond motifs is 1. The van der Waals surface area contributed by atoms with Gasteiger partial charge in [-0.2, -0.15) is 0 Å². The first kappa shape index (κ1) is 21.0. The number of para-hydroxylation sites is 1. The van der Waals surface area contributed by atoms with E-state index in [0.29, 0.717) is 27.2 Å². The van der Waals surface area contributed by atoms with Crippen molar-refractivity contribution in [3.8, 4) is 11.3 Å². The molecule has 0 saturated carbocycles. The number of aryl methyl sites for hydroxylation is 1. The number of hydrogen-bond donors (Lipinski definition) is 0. The van der Waals surface area contributed by atoms with Crippen LogP contribution in [-0.2, 0) is 4.74 Å². The molecule has 154 valence electrons. The molecule has 31 heavy (non-hydrogen) atoms. The Morgan fingerprint density at radius 1 is 0.903 bits per heavy atom. The summed E-state index contributed by atoms with van der Waals surface area (Å²) < 4.78 is 5.36. The molecule has 0 amide bonds. The number of nitrogens with zero attached hydrogens (tertiary/aromatic N) is 1. The van der Waals surface area contributed by atoms with E-state index >= 15 is 0 Å². The summed E-state index contributed by atoms with van der Waals surface area (Å²) in [6.07, 6.45) is 0. The minimum absolute atomic E-state index is 0.213. The summed E-state index contributed by atoms with van der Waals surface area (Å²) in [6.45, 7) is 1.50. The smallest absolute Gasteiger partial charge is 0.339 e. The lowest BCUT2D eigenvalue weighted by Crippen LogP contribution is -2.15. The van der Waals surface area contributed by atoms with Crippen LogP contribution < -0.4 is 0 Å². The summed E-state index contributed by atoms with van der Waals surface area (Å²) in [5, 5.41) is 1.30. The van der Waals surface area contributed by atoms with Crippen LogP contribution in [0.2, 0.25) is 10.0 Å². The zero-order valence-electron chi connectivity index (χ0n) is 16.6. The number of esters is 1. The summed E-state index contributed by atoms with van der Waals surface area (Å²) in [7, 11) is 0. The summed E-state index contributed by atoms with van der Waals surface area (Å²) >= 11 is 12.0. The molecule has 0 saturated heterocycles. The second-order valence-corrected chi connectivity index (χ2v) is 7.86. The van der Waals surface area contributed by atoms with Crippen LogP contribution in [0.4, 0.5) is 0 Å². The Bertz CT molecular complexity index is 1300. The van der Waals surface area contributed by atoms with E-state index in [9.17, 15) is 9.59 Å². The van der Waals surface area contributed by atoms with Crippen LogP contribution in [0.15, 0.2) is 72.8 Å². The molecule has 4 rings (SSSR count). The third-order valence-corrected chi connectivity index (χ3v) is 5.44. The maximum Gasteiger partial charge on any atom is 0.339 e. The molecular weight excluding hydrogens is 433 g/mol. The molecule has 6 heteroatoms. The molecule has 0 atom stereocenters. The van der Waals surface area contributed by atoms with Crippen LogP contribution in [-0.4, -0.2) is 23.3 Å². The zero-order chi connectivity index (χ0) is 22.0. The van der Waals surface area contributed by atoms with Crippen molar-refractivity contribution in [1.82, 2.24) is 4.98 Å². The van der Waals surface area contributed by atoms with E-state index in [1.807, 2.05) is 55.5 Å². The molecule has 1 heterocycles. The van der Waals surface area contributed by atoms with Crippen molar-refractivity contribution < 1.29 is 14.3 Å². The third kappa shape index (κ3) is 4.46. The number of pyridine rings is 1. The first-order chi connectivity index (χ1) is 14.9. The van der Waals surface area contributed by atoms with E-state index in [-0.39, 0.29) is 10.6 Å². The number of benzene rings is 3. The molecule has 0 unspecified atom stereocenters. The maximum absolute atomic E-state index is 13.0. The molecule has 0 bridgehead atoms. The fourth-order valence-electron chi connectivity index (χ4n) is 3.32. The van der Waals surface area contributed by atoms with E-state index in [4.69, 9.17) is 32.9 Å². The number of rotatable bonds is 5. The first-order valence-electron chi connectivity index (χ1n) is 9.55. The van der Waals surface area contributed by atoms with Crippen molar-refractivity contribution >= 4 is 45.9 Å². The van der Waals surface area contributed by atoms with E-state index in [1.54, 1.807) is 12.1 Å². The Morgan fingerprint density at radius 3 is 2.42 bits per heavy atom. The monoisotopic (exact) mass is 449 g/mol. The number of ketones is 1. The van der Waals surface area contributed by atoms with Gasteiger partial charge in [-0.1, -0.05) is 71.7 Å². The topological polar surface area (TPSA) is 56.3 Å². The Balaban J connectivity index is 1.67. The Morgan fingerprint density at radius 2 is 1.68 bits per heavy atom. The van der Waals surface area contributed by atoms with E-state index < -0.39 is 18.4 Å². The van der Waals surface area contributed by atoms with Gasteiger partial charge in [-0.15, -0.1) is 0 Å². The van der Waals surface area contributed by atoms with Gasteiger partial charge in [0, 0.05) is 21.5 Å². The number of carbonyl (C=O) groups is 2. The standard InChI is InChI=1S/C25H17Cl2NO3/c1-15-6-5-9-18-20(13-22(28-24(15)18)16-7-3-2-4-8-16)25(30)31-14-23(29)19-11-10-17(26)12-21(19)27/h2-13H,14H2,1H3.